The maximum Gasteiger partial charge on any atom is 0.408 e. The minimum atomic E-state index is -1.48. The van der Waals surface area contributed by atoms with Gasteiger partial charge in [-0.05, 0) is 48.7 Å². The Kier molecular flexibility index (Phi) is 13.1. The molecule has 0 radical (unpaired) electrons. The van der Waals surface area contributed by atoms with Gasteiger partial charge in [0.25, 0.3) is 0 Å². The second-order valence-corrected chi connectivity index (χ2v) is 9.89. The number of alkyl carbamates (subject to hydrolysis) is 1. The molecule has 9 nitrogen and oxygen atoms in total. The molecule has 2 unspecified atom stereocenters. The van der Waals surface area contributed by atoms with Crippen LogP contribution in [0, 0.1) is 0 Å². The predicted molar refractivity (Wildman–Crippen MR) is 122 cm³/mol. The summed E-state index contributed by atoms with van der Waals surface area (Å²) in [6, 6.07) is 6.72. The molecule has 1 aromatic rings. The van der Waals surface area contributed by atoms with E-state index in [0.717, 1.165) is 5.56 Å². The van der Waals surface area contributed by atoms with Gasteiger partial charge in [-0.3, -0.25) is 9.59 Å². The maximum atomic E-state index is 12.7. The van der Waals surface area contributed by atoms with Crippen LogP contribution in [0.25, 0.3) is 0 Å². The number of carboxylic acids is 1. The van der Waals surface area contributed by atoms with Crippen LogP contribution in [0.3, 0.4) is 0 Å². The molecule has 4 N–H and O–H groups in total. The molecule has 2 amide bonds. The van der Waals surface area contributed by atoms with Crippen LogP contribution in [0.15, 0.2) is 30.3 Å². The number of ether oxygens (including phenoxy) is 1. The summed E-state index contributed by atoms with van der Waals surface area (Å²) in [6.07, 6.45) is 4.45. The lowest BCUT2D eigenvalue weighted by Gasteiger charge is -2.24. The quantitative estimate of drug-likeness (QED) is 0.240. The van der Waals surface area contributed by atoms with Crippen molar-refractivity contribution in [2.75, 3.05) is 24.8 Å². The van der Waals surface area contributed by atoms with Crippen LogP contribution in [0.2, 0.25) is 0 Å². The molecule has 0 fully saturated rings. The summed E-state index contributed by atoms with van der Waals surface area (Å²) < 4.78 is 5.16. The van der Waals surface area contributed by atoms with Crippen LogP contribution in [0.5, 0.6) is 0 Å². The van der Waals surface area contributed by atoms with Gasteiger partial charge in [0.05, 0.1) is 24.5 Å². The first-order valence-electron chi connectivity index (χ1n) is 10.5. The van der Waals surface area contributed by atoms with E-state index in [1.165, 1.54) is 0 Å². The summed E-state index contributed by atoms with van der Waals surface area (Å²) in [5.74, 6) is -1.86. The average molecular weight is 468 g/mol. The lowest BCUT2D eigenvalue weighted by atomic mass is 10.1. The lowest BCUT2D eigenvalue weighted by molar-refractivity contribution is -0.308. The van der Waals surface area contributed by atoms with Crippen LogP contribution in [-0.2, 0) is 36.6 Å². The van der Waals surface area contributed by atoms with Gasteiger partial charge < -0.3 is 31.0 Å². The fourth-order valence-corrected chi connectivity index (χ4v) is 3.68. The van der Waals surface area contributed by atoms with Crippen molar-refractivity contribution < 1.29 is 29.0 Å². The van der Waals surface area contributed by atoms with E-state index in [1.54, 1.807) is 12.1 Å². The molecule has 1 rings (SSSR count). The van der Waals surface area contributed by atoms with Gasteiger partial charge in [0.2, 0.25) is 5.91 Å². The van der Waals surface area contributed by atoms with Crippen molar-refractivity contribution in [2.24, 2.45) is 5.73 Å². The van der Waals surface area contributed by atoms with Gasteiger partial charge >= 0.3 is 6.09 Å². The number of benzene rings is 1. The number of nitrogens with one attached hydrogen (secondary N) is 2. The molecular weight excluding hydrogens is 434 g/mol. The van der Waals surface area contributed by atoms with Crippen LogP contribution in [-0.4, -0.2) is 60.6 Å². The minimum Gasteiger partial charge on any atom is -0.548 e. The molecule has 0 aliphatic heterocycles. The van der Waals surface area contributed by atoms with Crippen molar-refractivity contribution in [3.63, 3.8) is 0 Å². The van der Waals surface area contributed by atoms with Crippen molar-refractivity contribution >= 4 is 34.6 Å². The highest BCUT2D eigenvalue weighted by atomic mass is 32.2. The Hall–Kier alpha value is -2.59. The summed E-state index contributed by atoms with van der Waals surface area (Å²) >= 11 is 0. The number of rotatable bonds is 15. The zero-order valence-electron chi connectivity index (χ0n) is 18.6. The third kappa shape index (κ3) is 11.7. The van der Waals surface area contributed by atoms with Gasteiger partial charge in [0.15, 0.2) is 11.5 Å². The Morgan fingerprint density at radius 1 is 1.03 bits per heavy atom. The number of carbonyl (C=O) groups is 4. The fraction of sp³-hybridized carbons (Fsp3) is 0.545. The number of ketones is 1. The van der Waals surface area contributed by atoms with Crippen molar-refractivity contribution in [3.8, 4) is 0 Å². The Morgan fingerprint density at radius 3 is 2.31 bits per heavy atom. The SMILES string of the molecule is C[S+](C)CC(=O)CCC(NC(=O)C(CCCCN)NC(=O)OCc1ccccc1)C(=O)[O-]. The Labute approximate surface area is 191 Å². The zero-order chi connectivity index (χ0) is 23.9. The van der Waals surface area contributed by atoms with E-state index >= 15 is 0 Å². The normalized spacial score (nSPS) is 12.6. The third-order valence-corrected chi connectivity index (χ3v) is 5.43. The molecule has 0 aromatic heterocycles. The maximum absolute atomic E-state index is 12.7. The molecule has 0 saturated heterocycles. The summed E-state index contributed by atoms with van der Waals surface area (Å²) in [7, 11) is -0.0883. The second-order valence-electron chi connectivity index (χ2n) is 7.63. The number of aliphatic carboxylic acids is 1. The average Bonchev–Trinajstić information content (AvgIpc) is 2.74. The number of hydrogen-bond donors (Lipinski definition) is 3. The van der Waals surface area contributed by atoms with Crippen LogP contribution < -0.4 is 21.5 Å². The van der Waals surface area contributed by atoms with Gasteiger partial charge in [-0.25, -0.2) is 4.79 Å². The van der Waals surface area contributed by atoms with Gasteiger partial charge in [-0.1, -0.05) is 30.3 Å². The van der Waals surface area contributed by atoms with Gasteiger partial charge in [0, 0.05) is 6.42 Å². The monoisotopic (exact) mass is 467 g/mol. The molecule has 32 heavy (non-hydrogen) atoms. The van der Waals surface area contributed by atoms with Gasteiger partial charge in [-0.2, -0.15) is 0 Å². The number of carboxylic acid groups (broad SMARTS) is 1. The topological polar surface area (TPSA) is 151 Å². The minimum absolute atomic E-state index is 0.0223. The molecule has 0 aliphatic carbocycles. The first kappa shape index (κ1) is 27.4. The lowest BCUT2D eigenvalue weighted by Crippen LogP contribution is -2.54. The standard InChI is InChI=1S/C22H33N3O6S/c1-32(2)15-17(26)11-12-19(21(28)29)24-20(27)18(10-6-7-13-23)25-22(30)31-14-16-8-4-3-5-9-16/h3-5,8-9,18-19H,6-7,10-15,23H2,1-2H3,(H2-,24,25,27,28,29,30). The van der Waals surface area contributed by atoms with Crippen molar-refractivity contribution in [3.05, 3.63) is 35.9 Å². The van der Waals surface area contributed by atoms with Gasteiger partial charge in [0.1, 0.15) is 12.6 Å². The van der Waals surface area contributed by atoms with E-state index in [9.17, 15) is 24.3 Å². The molecule has 178 valence electrons. The van der Waals surface area contributed by atoms with Crippen molar-refractivity contribution in [1.29, 1.82) is 0 Å². The highest BCUT2D eigenvalue weighted by molar-refractivity contribution is 7.96. The molecule has 1 aromatic carbocycles. The summed E-state index contributed by atoms with van der Waals surface area (Å²) in [6.45, 7) is 0.456. The molecule has 10 heteroatoms. The van der Waals surface area contributed by atoms with Crippen molar-refractivity contribution in [1.82, 2.24) is 10.6 Å². The Balaban J connectivity index is 2.68. The third-order valence-electron chi connectivity index (χ3n) is 4.53. The van der Waals surface area contributed by atoms with Crippen LogP contribution in [0.1, 0.15) is 37.7 Å². The number of carbonyl (C=O) groups excluding carboxylic acids is 4. The first-order chi connectivity index (χ1) is 15.2. The smallest absolute Gasteiger partial charge is 0.408 e. The van der Waals surface area contributed by atoms with E-state index in [4.69, 9.17) is 10.5 Å². The first-order valence-corrected chi connectivity index (χ1v) is 12.7. The predicted octanol–water partition coefficient (Wildman–Crippen LogP) is -0.128. The second kappa shape index (κ2) is 15.3. The molecule has 0 saturated carbocycles. The highest BCUT2D eigenvalue weighted by Crippen LogP contribution is 2.06. The molecular formula is C22H33N3O6S. The van der Waals surface area contributed by atoms with Crippen LogP contribution >= 0.6 is 0 Å². The Morgan fingerprint density at radius 2 is 1.72 bits per heavy atom. The molecule has 0 bridgehead atoms. The number of Topliss-reactive ketones (excluding diaryl/α,β-unsaturated/α-hetero) is 1. The summed E-state index contributed by atoms with van der Waals surface area (Å²) in [5, 5.41) is 16.3. The molecule has 2 atom stereocenters. The molecule has 0 spiro atoms. The van der Waals surface area contributed by atoms with Crippen molar-refractivity contribution in [2.45, 2.75) is 50.8 Å². The van der Waals surface area contributed by atoms with E-state index in [0.29, 0.717) is 25.1 Å². The molecule has 0 heterocycles. The summed E-state index contributed by atoms with van der Waals surface area (Å²) in [5.41, 5.74) is 6.28. The summed E-state index contributed by atoms with van der Waals surface area (Å²) in [4.78, 5) is 48.3. The number of nitrogens with two attached hydrogens (primary N) is 1. The van der Waals surface area contributed by atoms with E-state index in [2.05, 4.69) is 10.6 Å². The largest absolute Gasteiger partial charge is 0.548 e. The number of hydrogen-bond acceptors (Lipinski definition) is 7. The van der Waals surface area contributed by atoms with Gasteiger partial charge in [-0.15, -0.1) is 0 Å². The number of unbranched alkanes of at least 4 members (excludes halogenated alkanes) is 1. The molecule has 0 aliphatic rings. The van der Waals surface area contributed by atoms with Crippen LogP contribution in [0.4, 0.5) is 4.79 Å². The van der Waals surface area contributed by atoms with E-state index in [1.807, 2.05) is 30.7 Å². The number of amides is 2. The van der Waals surface area contributed by atoms with E-state index < -0.39 is 30.1 Å². The zero-order valence-corrected chi connectivity index (χ0v) is 19.4. The van der Waals surface area contributed by atoms with E-state index in [-0.39, 0.29) is 42.5 Å². The highest BCUT2D eigenvalue weighted by Gasteiger charge is 2.25. The fourth-order valence-electron chi connectivity index (χ4n) is 2.89. The Bertz CT molecular complexity index is 744.